The quantitative estimate of drug-likeness (QED) is 0.833. The minimum Gasteiger partial charge on any atom is -0.467 e. The van der Waals surface area contributed by atoms with Crippen LogP contribution in [0.25, 0.3) is 0 Å². The molecule has 2 aromatic rings. The lowest BCUT2D eigenvalue weighted by atomic mass is 10.0. The van der Waals surface area contributed by atoms with Gasteiger partial charge in [-0.1, -0.05) is 46.3 Å². The van der Waals surface area contributed by atoms with E-state index in [-0.39, 0.29) is 5.97 Å². The lowest BCUT2D eigenvalue weighted by Gasteiger charge is -2.20. The average Bonchev–Trinajstić information content (AvgIpc) is 2.48. The Morgan fingerprint density at radius 1 is 1.14 bits per heavy atom. The maximum absolute atomic E-state index is 12.1. The highest BCUT2D eigenvalue weighted by atomic mass is 79.9. The van der Waals surface area contributed by atoms with Crippen molar-refractivity contribution in [3.63, 3.8) is 0 Å². The van der Waals surface area contributed by atoms with Crippen molar-refractivity contribution < 1.29 is 9.53 Å². The summed E-state index contributed by atoms with van der Waals surface area (Å²) in [5.74, 6) is -0.306. The molecule has 1 unspecified atom stereocenters. The molecule has 0 heterocycles. The average molecular weight is 348 g/mol. The fourth-order valence-corrected chi connectivity index (χ4v) is 2.38. The topological polar surface area (TPSA) is 38.3 Å². The Morgan fingerprint density at radius 2 is 1.86 bits per heavy atom. The number of nitrogens with one attached hydrogen (secondary N) is 1. The highest BCUT2D eigenvalue weighted by molar-refractivity contribution is 9.10. The SMILES string of the molecule is COC(=O)C(Nc1ccccc1C)c1ccc(Br)c(C)c1. The normalized spacial score (nSPS) is 11.8. The molecule has 0 radical (unpaired) electrons. The minimum atomic E-state index is -0.525. The van der Waals surface area contributed by atoms with Gasteiger partial charge in [0.15, 0.2) is 6.04 Å². The number of hydrogen-bond acceptors (Lipinski definition) is 3. The molecule has 0 spiro atoms. The molecule has 4 heteroatoms. The van der Waals surface area contributed by atoms with Crippen molar-refractivity contribution in [2.75, 3.05) is 12.4 Å². The van der Waals surface area contributed by atoms with Crippen LogP contribution in [0, 0.1) is 13.8 Å². The van der Waals surface area contributed by atoms with Gasteiger partial charge in [0.2, 0.25) is 0 Å². The lowest BCUT2D eigenvalue weighted by molar-refractivity contribution is -0.141. The van der Waals surface area contributed by atoms with Gasteiger partial charge in [0.25, 0.3) is 0 Å². The number of hydrogen-bond donors (Lipinski definition) is 1. The zero-order chi connectivity index (χ0) is 15.4. The molecule has 1 N–H and O–H groups in total. The number of ether oxygens (including phenoxy) is 1. The predicted octanol–water partition coefficient (Wildman–Crippen LogP) is 4.39. The number of carbonyl (C=O) groups excluding carboxylic acids is 1. The molecule has 21 heavy (non-hydrogen) atoms. The molecule has 2 aromatic carbocycles. The molecule has 0 bridgehead atoms. The Kier molecular flexibility index (Phi) is 5.02. The van der Waals surface area contributed by atoms with E-state index in [1.807, 2.05) is 56.3 Å². The predicted molar refractivity (Wildman–Crippen MR) is 88.4 cm³/mol. The van der Waals surface area contributed by atoms with Gasteiger partial charge in [0, 0.05) is 10.2 Å². The summed E-state index contributed by atoms with van der Waals surface area (Å²) in [4.78, 5) is 12.1. The standard InChI is InChI=1S/C17H18BrNO2/c1-11-6-4-5-7-15(11)19-16(17(20)21-3)13-8-9-14(18)12(2)10-13/h4-10,16,19H,1-3H3. The Bertz CT molecular complexity index is 655. The summed E-state index contributed by atoms with van der Waals surface area (Å²) in [6.45, 7) is 4.00. The van der Waals surface area contributed by atoms with Crippen LogP contribution in [0.15, 0.2) is 46.9 Å². The van der Waals surface area contributed by atoms with Crippen LogP contribution < -0.4 is 5.32 Å². The summed E-state index contributed by atoms with van der Waals surface area (Å²) in [7, 11) is 1.40. The van der Waals surface area contributed by atoms with E-state index in [1.165, 1.54) is 7.11 Å². The van der Waals surface area contributed by atoms with Gasteiger partial charge in [-0.2, -0.15) is 0 Å². The second-order valence-electron chi connectivity index (χ2n) is 4.92. The summed E-state index contributed by atoms with van der Waals surface area (Å²) in [6.07, 6.45) is 0. The van der Waals surface area contributed by atoms with Gasteiger partial charge >= 0.3 is 5.97 Å². The highest BCUT2D eigenvalue weighted by Crippen LogP contribution is 2.26. The van der Waals surface area contributed by atoms with Gasteiger partial charge in [-0.05, 0) is 42.7 Å². The van der Waals surface area contributed by atoms with E-state index in [1.54, 1.807) is 0 Å². The number of anilines is 1. The lowest BCUT2D eigenvalue weighted by Crippen LogP contribution is -2.22. The van der Waals surface area contributed by atoms with Crippen LogP contribution in [0.4, 0.5) is 5.69 Å². The monoisotopic (exact) mass is 347 g/mol. The number of halogens is 1. The number of rotatable bonds is 4. The third kappa shape index (κ3) is 3.64. The van der Waals surface area contributed by atoms with E-state index in [9.17, 15) is 4.79 Å². The molecule has 0 saturated carbocycles. The second kappa shape index (κ2) is 6.76. The molecule has 0 amide bonds. The summed E-state index contributed by atoms with van der Waals surface area (Å²) >= 11 is 3.47. The second-order valence-corrected chi connectivity index (χ2v) is 5.78. The van der Waals surface area contributed by atoms with Gasteiger partial charge in [-0.25, -0.2) is 4.79 Å². The van der Waals surface area contributed by atoms with Gasteiger partial charge < -0.3 is 10.1 Å². The Hall–Kier alpha value is -1.81. The smallest absolute Gasteiger partial charge is 0.332 e. The number of carbonyl (C=O) groups is 1. The molecule has 0 saturated heterocycles. The highest BCUT2D eigenvalue weighted by Gasteiger charge is 2.22. The van der Waals surface area contributed by atoms with Crippen LogP contribution in [0.1, 0.15) is 22.7 Å². The number of methoxy groups -OCH3 is 1. The maximum atomic E-state index is 12.1. The van der Waals surface area contributed by atoms with Gasteiger partial charge in [0.05, 0.1) is 7.11 Å². The first kappa shape index (κ1) is 15.6. The van der Waals surface area contributed by atoms with Crippen molar-refractivity contribution >= 4 is 27.6 Å². The summed E-state index contributed by atoms with van der Waals surface area (Å²) in [5, 5.41) is 3.27. The van der Waals surface area contributed by atoms with Crippen LogP contribution >= 0.6 is 15.9 Å². The largest absolute Gasteiger partial charge is 0.467 e. The van der Waals surface area contributed by atoms with Crippen molar-refractivity contribution in [2.24, 2.45) is 0 Å². The summed E-state index contributed by atoms with van der Waals surface area (Å²) in [6, 6.07) is 13.2. The van der Waals surface area contributed by atoms with Crippen LogP contribution in [0.2, 0.25) is 0 Å². The van der Waals surface area contributed by atoms with E-state index in [0.29, 0.717) is 0 Å². The fourth-order valence-electron chi connectivity index (χ4n) is 2.13. The first-order chi connectivity index (χ1) is 10.0. The van der Waals surface area contributed by atoms with E-state index >= 15 is 0 Å². The number of benzene rings is 2. The van der Waals surface area contributed by atoms with E-state index in [4.69, 9.17) is 4.74 Å². The number of esters is 1. The van der Waals surface area contributed by atoms with Gasteiger partial charge in [0.1, 0.15) is 0 Å². The third-order valence-electron chi connectivity index (χ3n) is 3.40. The van der Waals surface area contributed by atoms with Crippen LogP contribution in [0.3, 0.4) is 0 Å². The van der Waals surface area contributed by atoms with E-state index in [0.717, 1.165) is 26.9 Å². The zero-order valence-electron chi connectivity index (χ0n) is 12.3. The van der Waals surface area contributed by atoms with Gasteiger partial charge in [-0.3, -0.25) is 0 Å². The first-order valence-corrected chi connectivity index (χ1v) is 7.48. The Balaban J connectivity index is 2.37. The molecule has 2 rings (SSSR count). The molecule has 0 aliphatic heterocycles. The Labute approximate surface area is 133 Å². The zero-order valence-corrected chi connectivity index (χ0v) is 13.9. The van der Waals surface area contributed by atoms with Crippen molar-refractivity contribution in [3.05, 3.63) is 63.6 Å². The van der Waals surface area contributed by atoms with Crippen molar-refractivity contribution in [3.8, 4) is 0 Å². The molecular formula is C17H18BrNO2. The van der Waals surface area contributed by atoms with Crippen molar-refractivity contribution in [2.45, 2.75) is 19.9 Å². The molecule has 3 nitrogen and oxygen atoms in total. The van der Waals surface area contributed by atoms with Crippen LogP contribution in [0.5, 0.6) is 0 Å². The molecule has 0 aliphatic rings. The van der Waals surface area contributed by atoms with Crippen molar-refractivity contribution in [1.29, 1.82) is 0 Å². The molecular weight excluding hydrogens is 330 g/mol. The number of aryl methyl sites for hydroxylation is 2. The van der Waals surface area contributed by atoms with Crippen LogP contribution in [-0.2, 0) is 9.53 Å². The van der Waals surface area contributed by atoms with Crippen LogP contribution in [-0.4, -0.2) is 13.1 Å². The molecule has 0 aromatic heterocycles. The van der Waals surface area contributed by atoms with E-state index in [2.05, 4.69) is 21.2 Å². The fraction of sp³-hybridized carbons (Fsp3) is 0.235. The van der Waals surface area contributed by atoms with Crippen molar-refractivity contribution in [1.82, 2.24) is 0 Å². The summed E-state index contributed by atoms with van der Waals surface area (Å²) < 4.78 is 5.96. The minimum absolute atomic E-state index is 0.306. The molecule has 0 fully saturated rings. The molecule has 0 aliphatic carbocycles. The molecule has 1 atom stereocenters. The number of para-hydroxylation sites is 1. The first-order valence-electron chi connectivity index (χ1n) is 6.69. The Morgan fingerprint density at radius 3 is 2.48 bits per heavy atom. The van der Waals surface area contributed by atoms with Gasteiger partial charge in [-0.15, -0.1) is 0 Å². The third-order valence-corrected chi connectivity index (χ3v) is 4.29. The summed E-state index contributed by atoms with van der Waals surface area (Å²) in [5.41, 5.74) is 3.97. The molecule has 110 valence electrons. The maximum Gasteiger partial charge on any atom is 0.332 e. The van der Waals surface area contributed by atoms with E-state index < -0.39 is 6.04 Å².